The van der Waals surface area contributed by atoms with Crippen LogP contribution in [0, 0.1) is 0 Å². The fraction of sp³-hybridized carbons (Fsp3) is 0.250. The molecule has 110 valence electrons. The number of nitrogens with zero attached hydrogens (tertiary/aromatic N) is 2. The standard InChI is InChI=1S/C16H17BrN2O2/c1-19(11-14-5-3-4-10-18-14)15(16(20)21-2)12-6-8-13(17)9-7-12/h3-10,15H,11H2,1-2H3. The van der Waals surface area contributed by atoms with E-state index < -0.39 is 6.04 Å². The number of benzene rings is 1. The molecule has 1 unspecified atom stereocenters. The second kappa shape index (κ2) is 7.33. The molecule has 1 aromatic heterocycles. The number of halogens is 1. The van der Waals surface area contributed by atoms with Crippen molar-refractivity contribution >= 4 is 21.9 Å². The Morgan fingerprint density at radius 1 is 1.29 bits per heavy atom. The van der Waals surface area contributed by atoms with Crippen LogP contribution in [0.1, 0.15) is 17.3 Å². The predicted octanol–water partition coefficient (Wildman–Crippen LogP) is 3.19. The second-order valence-electron chi connectivity index (χ2n) is 4.71. The Morgan fingerprint density at radius 2 is 2.00 bits per heavy atom. The van der Waals surface area contributed by atoms with Crippen LogP contribution in [0.4, 0.5) is 0 Å². The molecular formula is C16H17BrN2O2. The van der Waals surface area contributed by atoms with Crippen molar-refractivity contribution < 1.29 is 9.53 Å². The predicted molar refractivity (Wildman–Crippen MR) is 84.6 cm³/mol. The quantitative estimate of drug-likeness (QED) is 0.778. The molecule has 0 radical (unpaired) electrons. The molecule has 4 nitrogen and oxygen atoms in total. The van der Waals surface area contributed by atoms with Gasteiger partial charge in [-0.3, -0.25) is 9.88 Å². The second-order valence-corrected chi connectivity index (χ2v) is 5.63. The maximum absolute atomic E-state index is 12.1. The number of hydrogen-bond acceptors (Lipinski definition) is 4. The summed E-state index contributed by atoms with van der Waals surface area (Å²) in [5.74, 6) is -0.282. The lowest BCUT2D eigenvalue weighted by Crippen LogP contribution is -2.31. The molecule has 0 N–H and O–H groups in total. The minimum Gasteiger partial charge on any atom is -0.468 e. The van der Waals surface area contributed by atoms with E-state index in [1.54, 1.807) is 6.20 Å². The third kappa shape index (κ3) is 4.12. The highest BCUT2D eigenvalue weighted by Gasteiger charge is 2.26. The molecule has 0 bridgehead atoms. The fourth-order valence-corrected chi connectivity index (χ4v) is 2.43. The highest BCUT2D eigenvalue weighted by atomic mass is 79.9. The molecule has 1 atom stereocenters. The molecule has 2 rings (SSSR count). The van der Waals surface area contributed by atoms with Crippen molar-refractivity contribution in [3.63, 3.8) is 0 Å². The van der Waals surface area contributed by atoms with Gasteiger partial charge >= 0.3 is 5.97 Å². The first-order valence-corrected chi connectivity index (χ1v) is 7.34. The minimum atomic E-state index is -0.454. The number of rotatable bonds is 5. The number of carbonyl (C=O) groups excluding carboxylic acids is 1. The van der Waals surface area contributed by atoms with Crippen molar-refractivity contribution in [3.8, 4) is 0 Å². The normalized spacial score (nSPS) is 12.2. The van der Waals surface area contributed by atoms with E-state index in [1.807, 2.05) is 54.4 Å². The molecule has 1 heterocycles. The van der Waals surface area contributed by atoms with E-state index in [4.69, 9.17) is 4.74 Å². The van der Waals surface area contributed by atoms with E-state index in [9.17, 15) is 4.79 Å². The van der Waals surface area contributed by atoms with Crippen LogP contribution in [0.2, 0.25) is 0 Å². The van der Waals surface area contributed by atoms with E-state index in [0.717, 1.165) is 15.7 Å². The largest absolute Gasteiger partial charge is 0.468 e. The Kier molecular flexibility index (Phi) is 5.47. The van der Waals surface area contributed by atoms with Crippen molar-refractivity contribution in [2.75, 3.05) is 14.2 Å². The number of hydrogen-bond donors (Lipinski definition) is 0. The molecular weight excluding hydrogens is 332 g/mol. The van der Waals surface area contributed by atoms with E-state index >= 15 is 0 Å². The van der Waals surface area contributed by atoms with E-state index in [2.05, 4.69) is 20.9 Å². The summed E-state index contributed by atoms with van der Waals surface area (Å²) in [7, 11) is 3.29. The summed E-state index contributed by atoms with van der Waals surface area (Å²) in [6, 6.07) is 13.0. The lowest BCUT2D eigenvalue weighted by Gasteiger charge is -2.26. The van der Waals surface area contributed by atoms with Gasteiger partial charge in [0, 0.05) is 17.2 Å². The van der Waals surface area contributed by atoms with E-state index in [0.29, 0.717) is 6.54 Å². The van der Waals surface area contributed by atoms with Gasteiger partial charge in [-0.25, -0.2) is 4.79 Å². The lowest BCUT2D eigenvalue weighted by atomic mass is 10.1. The van der Waals surface area contributed by atoms with Crippen molar-refractivity contribution in [1.29, 1.82) is 0 Å². The van der Waals surface area contributed by atoms with Crippen molar-refractivity contribution in [1.82, 2.24) is 9.88 Å². The molecule has 0 aliphatic rings. The monoisotopic (exact) mass is 348 g/mol. The summed E-state index contributed by atoms with van der Waals surface area (Å²) in [6.45, 7) is 0.566. The maximum Gasteiger partial charge on any atom is 0.327 e. The van der Waals surface area contributed by atoms with Gasteiger partial charge in [0.1, 0.15) is 6.04 Å². The van der Waals surface area contributed by atoms with Gasteiger partial charge in [0.05, 0.1) is 12.8 Å². The minimum absolute atomic E-state index is 0.282. The van der Waals surface area contributed by atoms with Crippen molar-refractivity contribution in [3.05, 3.63) is 64.4 Å². The summed E-state index contributed by atoms with van der Waals surface area (Å²) >= 11 is 3.40. The average Bonchev–Trinajstić information content (AvgIpc) is 2.50. The van der Waals surface area contributed by atoms with Crippen LogP contribution in [-0.4, -0.2) is 30.0 Å². The number of pyridine rings is 1. The van der Waals surface area contributed by atoms with Crippen molar-refractivity contribution in [2.24, 2.45) is 0 Å². The topological polar surface area (TPSA) is 42.4 Å². The summed E-state index contributed by atoms with van der Waals surface area (Å²) in [5, 5.41) is 0. The summed E-state index contributed by atoms with van der Waals surface area (Å²) in [5.41, 5.74) is 1.80. The van der Waals surface area contributed by atoms with Crippen LogP contribution in [0.5, 0.6) is 0 Å². The van der Waals surface area contributed by atoms with Crippen molar-refractivity contribution in [2.45, 2.75) is 12.6 Å². The number of carbonyl (C=O) groups is 1. The van der Waals surface area contributed by atoms with Crippen LogP contribution in [0.3, 0.4) is 0 Å². The third-order valence-electron chi connectivity index (χ3n) is 3.19. The van der Waals surface area contributed by atoms with Gasteiger partial charge in [0.2, 0.25) is 0 Å². The lowest BCUT2D eigenvalue weighted by molar-refractivity contribution is -0.147. The molecule has 21 heavy (non-hydrogen) atoms. The molecule has 2 aromatic rings. The van der Waals surface area contributed by atoms with Crippen LogP contribution in [0.25, 0.3) is 0 Å². The Balaban J connectivity index is 2.23. The molecule has 0 spiro atoms. The van der Waals surface area contributed by atoms with Gasteiger partial charge in [0.25, 0.3) is 0 Å². The van der Waals surface area contributed by atoms with E-state index in [-0.39, 0.29) is 5.97 Å². The highest BCUT2D eigenvalue weighted by molar-refractivity contribution is 9.10. The third-order valence-corrected chi connectivity index (χ3v) is 3.72. The first kappa shape index (κ1) is 15.7. The van der Waals surface area contributed by atoms with Gasteiger partial charge in [0.15, 0.2) is 0 Å². The number of aromatic nitrogens is 1. The number of likely N-dealkylation sites (N-methyl/N-ethyl adjacent to an activating group) is 1. The molecule has 0 fully saturated rings. The van der Waals surface area contributed by atoms with E-state index in [1.165, 1.54) is 7.11 Å². The Hall–Kier alpha value is -1.72. The smallest absolute Gasteiger partial charge is 0.327 e. The van der Waals surface area contributed by atoms with Gasteiger partial charge in [-0.2, -0.15) is 0 Å². The zero-order valence-electron chi connectivity index (χ0n) is 12.0. The molecule has 1 aromatic carbocycles. The average molecular weight is 349 g/mol. The Morgan fingerprint density at radius 3 is 2.57 bits per heavy atom. The molecule has 0 amide bonds. The van der Waals surface area contributed by atoms with Gasteiger partial charge in [-0.15, -0.1) is 0 Å². The number of methoxy groups -OCH3 is 1. The van der Waals surface area contributed by atoms with Crippen LogP contribution >= 0.6 is 15.9 Å². The highest BCUT2D eigenvalue weighted by Crippen LogP contribution is 2.24. The zero-order valence-corrected chi connectivity index (χ0v) is 13.6. The molecule has 0 aliphatic heterocycles. The van der Waals surface area contributed by atoms with Crippen LogP contribution in [0.15, 0.2) is 53.1 Å². The fourth-order valence-electron chi connectivity index (χ4n) is 2.17. The Labute approximate surface area is 132 Å². The summed E-state index contributed by atoms with van der Waals surface area (Å²) < 4.78 is 5.92. The van der Waals surface area contributed by atoms with Gasteiger partial charge in [-0.05, 0) is 36.9 Å². The molecule has 0 aliphatic carbocycles. The molecule has 0 saturated heterocycles. The van der Waals surface area contributed by atoms with Gasteiger partial charge in [-0.1, -0.05) is 34.1 Å². The molecule has 0 saturated carbocycles. The zero-order chi connectivity index (χ0) is 15.2. The number of esters is 1. The van der Waals surface area contributed by atoms with Crippen LogP contribution in [-0.2, 0) is 16.1 Å². The van der Waals surface area contributed by atoms with Gasteiger partial charge < -0.3 is 4.74 Å². The van der Waals surface area contributed by atoms with Crippen LogP contribution < -0.4 is 0 Å². The Bertz CT molecular complexity index is 587. The summed E-state index contributed by atoms with van der Waals surface area (Å²) in [4.78, 5) is 18.4. The SMILES string of the molecule is COC(=O)C(c1ccc(Br)cc1)N(C)Cc1ccccn1. The maximum atomic E-state index is 12.1. The summed E-state index contributed by atoms with van der Waals surface area (Å²) in [6.07, 6.45) is 1.75. The first-order chi connectivity index (χ1) is 10.1. The molecule has 5 heteroatoms. The first-order valence-electron chi connectivity index (χ1n) is 6.55. The number of ether oxygens (including phenoxy) is 1.